The monoisotopic (exact) mass is 154 g/mol. The minimum atomic E-state index is 0.611. The smallest absolute Gasteiger partial charge is 0.0297 e. The van der Waals surface area contributed by atoms with Crippen LogP contribution in [0.3, 0.4) is 0 Å². The molecule has 66 valence electrons. The van der Waals surface area contributed by atoms with Crippen LogP contribution in [-0.4, -0.2) is 0 Å². The minimum Gasteiger partial charge on any atom is -0.0654 e. The maximum Gasteiger partial charge on any atom is -0.0297 e. The van der Waals surface area contributed by atoms with Crippen molar-refractivity contribution < 1.29 is 0 Å². The van der Waals surface area contributed by atoms with Crippen LogP contribution in [0.5, 0.6) is 0 Å². The second-order valence-corrected chi connectivity index (χ2v) is 4.85. The lowest BCUT2D eigenvalue weighted by atomic mass is 9.49. The third-order valence-electron chi connectivity index (χ3n) is 4.25. The third kappa shape index (κ3) is 1.21. The first-order valence-corrected chi connectivity index (χ1v) is 5.01. The molecule has 0 radical (unpaired) electrons. The van der Waals surface area contributed by atoms with Crippen LogP contribution in [0.15, 0.2) is 0 Å². The molecule has 0 amide bonds. The normalized spacial score (nSPS) is 41.7. The maximum absolute atomic E-state index is 2.42. The predicted molar refractivity (Wildman–Crippen MR) is 50.5 cm³/mol. The molecule has 1 saturated carbocycles. The zero-order valence-electron chi connectivity index (χ0n) is 8.65. The van der Waals surface area contributed by atoms with Gasteiger partial charge in [-0.05, 0) is 23.2 Å². The molecule has 0 aliphatic heterocycles. The number of hydrogen-bond donors (Lipinski definition) is 0. The van der Waals surface area contributed by atoms with Crippen LogP contribution in [-0.2, 0) is 0 Å². The van der Waals surface area contributed by atoms with E-state index >= 15 is 0 Å². The molecule has 0 aromatic carbocycles. The molecule has 1 aliphatic carbocycles. The van der Waals surface area contributed by atoms with Crippen LogP contribution in [0.25, 0.3) is 0 Å². The molecule has 1 fully saturated rings. The van der Waals surface area contributed by atoms with E-state index in [1.54, 1.807) is 0 Å². The van der Waals surface area contributed by atoms with Gasteiger partial charge in [0.1, 0.15) is 0 Å². The van der Waals surface area contributed by atoms with Gasteiger partial charge in [0, 0.05) is 0 Å². The Kier molecular flexibility index (Phi) is 2.32. The average Bonchev–Trinajstić information content (AvgIpc) is 1.98. The Morgan fingerprint density at radius 3 is 1.91 bits per heavy atom. The van der Waals surface area contributed by atoms with Gasteiger partial charge in [0.2, 0.25) is 0 Å². The molecule has 2 unspecified atom stereocenters. The van der Waals surface area contributed by atoms with Crippen molar-refractivity contribution in [2.24, 2.45) is 23.2 Å². The van der Waals surface area contributed by atoms with Gasteiger partial charge in [-0.2, -0.15) is 0 Å². The average molecular weight is 154 g/mol. The van der Waals surface area contributed by atoms with Gasteiger partial charge in [-0.15, -0.1) is 0 Å². The lowest BCUT2D eigenvalue weighted by molar-refractivity contribution is -0.0797. The van der Waals surface area contributed by atoms with Gasteiger partial charge in [0.15, 0.2) is 0 Å². The summed E-state index contributed by atoms with van der Waals surface area (Å²) in [6.45, 7) is 12.0. The van der Waals surface area contributed by atoms with Crippen LogP contribution in [0.2, 0.25) is 0 Å². The van der Waals surface area contributed by atoms with Crippen molar-refractivity contribution in [3.63, 3.8) is 0 Å². The molecule has 0 heteroatoms. The van der Waals surface area contributed by atoms with E-state index in [9.17, 15) is 0 Å². The molecule has 0 nitrogen and oxygen atoms in total. The van der Waals surface area contributed by atoms with Crippen molar-refractivity contribution in [2.45, 2.75) is 47.5 Å². The second kappa shape index (κ2) is 2.80. The van der Waals surface area contributed by atoms with Crippen molar-refractivity contribution in [1.29, 1.82) is 0 Å². The van der Waals surface area contributed by atoms with Gasteiger partial charge in [0.05, 0.1) is 0 Å². The van der Waals surface area contributed by atoms with Crippen LogP contribution in [0.4, 0.5) is 0 Å². The van der Waals surface area contributed by atoms with Crippen LogP contribution >= 0.6 is 0 Å². The first-order valence-electron chi connectivity index (χ1n) is 5.01. The molecule has 0 saturated heterocycles. The van der Waals surface area contributed by atoms with E-state index in [4.69, 9.17) is 0 Å². The van der Waals surface area contributed by atoms with E-state index in [1.165, 1.54) is 12.8 Å². The first-order chi connectivity index (χ1) is 5.01. The Morgan fingerprint density at radius 1 is 1.09 bits per heavy atom. The number of hydrogen-bond acceptors (Lipinski definition) is 0. The summed E-state index contributed by atoms with van der Waals surface area (Å²) in [7, 11) is 0. The molecule has 11 heavy (non-hydrogen) atoms. The Morgan fingerprint density at radius 2 is 1.55 bits per heavy atom. The fraction of sp³-hybridized carbons (Fsp3) is 1.00. The SMILES string of the molecule is CCCC1C(C)C(C)(C)C1C. The summed E-state index contributed by atoms with van der Waals surface area (Å²) < 4.78 is 0. The van der Waals surface area contributed by atoms with Gasteiger partial charge in [0.25, 0.3) is 0 Å². The third-order valence-corrected chi connectivity index (χ3v) is 4.25. The standard InChI is InChI=1S/C11H22/c1-6-7-10-8(2)11(4,5)9(10)3/h8-10H,6-7H2,1-5H3. The lowest BCUT2D eigenvalue weighted by Crippen LogP contribution is -2.50. The van der Waals surface area contributed by atoms with E-state index in [0.717, 1.165) is 17.8 Å². The molecule has 2 atom stereocenters. The highest BCUT2D eigenvalue weighted by Crippen LogP contribution is 2.56. The molecule has 0 aromatic heterocycles. The quantitative estimate of drug-likeness (QED) is 0.568. The van der Waals surface area contributed by atoms with Gasteiger partial charge in [-0.25, -0.2) is 0 Å². The van der Waals surface area contributed by atoms with Crippen molar-refractivity contribution in [2.75, 3.05) is 0 Å². The van der Waals surface area contributed by atoms with Crippen LogP contribution in [0, 0.1) is 23.2 Å². The summed E-state index contributed by atoms with van der Waals surface area (Å²) >= 11 is 0. The largest absolute Gasteiger partial charge is 0.0654 e. The highest BCUT2D eigenvalue weighted by molar-refractivity contribution is 4.98. The summed E-state index contributed by atoms with van der Waals surface area (Å²) in [5.74, 6) is 2.89. The minimum absolute atomic E-state index is 0.611. The van der Waals surface area contributed by atoms with Crippen molar-refractivity contribution in [3.05, 3.63) is 0 Å². The fourth-order valence-electron chi connectivity index (χ4n) is 2.67. The molecule has 1 aliphatic rings. The maximum atomic E-state index is 2.42. The summed E-state index contributed by atoms with van der Waals surface area (Å²) in [4.78, 5) is 0. The van der Waals surface area contributed by atoms with Crippen LogP contribution < -0.4 is 0 Å². The summed E-state index contributed by atoms with van der Waals surface area (Å²) in [6, 6.07) is 0. The Labute approximate surface area is 71.4 Å². The Bertz CT molecular complexity index is 123. The van der Waals surface area contributed by atoms with E-state index in [0.29, 0.717) is 5.41 Å². The van der Waals surface area contributed by atoms with E-state index in [2.05, 4.69) is 34.6 Å². The second-order valence-electron chi connectivity index (χ2n) is 4.85. The van der Waals surface area contributed by atoms with Crippen LogP contribution in [0.1, 0.15) is 47.5 Å². The van der Waals surface area contributed by atoms with E-state index in [1.807, 2.05) is 0 Å². The lowest BCUT2D eigenvalue weighted by Gasteiger charge is -2.56. The first kappa shape index (κ1) is 9.09. The molecule has 0 spiro atoms. The highest BCUT2D eigenvalue weighted by atomic mass is 14.5. The van der Waals surface area contributed by atoms with Gasteiger partial charge in [-0.3, -0.25) is 0 Å². The molecular weight excluding hydrogens is 132 g/mol. The van der Waals surface area contributed by atoms with Crippen molar-refractivity contribution >= 4 is 0 Å². The van der Waals surface area contributed by atoms with Gasteiger partial charge >= 0.3 is 0 Å². The Hall–Kier alpha value is 0. The molecule has 0 aromatic rings. The molecular formula is C11H22. The zero-order chi connectivity index (χ0) is 8.65. The summed E-state index contributed by atoms with van der Waals surface area (Å²) in [6.07, 6.45) is 2.79. The molecule has 0 heterocycles. The zero-order valence-corrected chi connectivity index (χ0v) is 8.65. The summed E-state index contributed by atoms with van der Waals surface area (Å²) in [5.41, 5.74) is 0.611. The molecule has 0 bridgehead atoms. The predicted octanol–water partition coefficient (Wildman–Crippen LogP) is 3.71. The highest BCUT2D eigenvalue weighted by Gasteiger charge is 2.49. The Balaban J connectivity index is 2.50. The van der Waals surface area contributed by atoms with Crippen molar-refractivity contribution in [3.8, 4) is 0 Å². The fourth-order valence-corrected chi connectivity index (χ4v) is 2.67. The van der Waals surface area contributed by atoms with Gasteiger partial charge < -0.3 is 0 Å². The summed E-state index contributed by atoms with van der Waals surface area (Å²) in [5, 5.41) is 0. The number of rotatable bonds is 2. The van der Waals surface area contributed by atoms with E-state index in [-0.39, 0.29) is 0 Å². The van der Waals surface area contributed by atoms with Crippen molar-refractivity contribution in [1.82, 2.24) is 0 Å². The van der Waals surface area contributed by atoms with Gasteiger partial charge in [-0.1, -0.05) is 47.5 Å². The molecule has 0 N–H and O–H groups in total. The van der Waals surface area contributed by atoms with E-state index < -0.39 is 0 Å². The molecule has 1 rings (SSSR count). The topological polar surface area (TPSA) is 0 Å².